The molecule has 2 heterocycles. The molecule has 1 N–H and O–H groups in total. The SMILES string of the molecule is CC(=O)N(CC(=O)O)C1CCCN(C(=O)Cc2ccc3c(c2)CCO3)CC1. The number of hydrogen-bond acceptors (Lipinski definition) is 4. The summed E-state index contributed by atoms with van der Waals surface area (Å²) in [6.07, 6.45) is 3.32. The molecular formula is C20H26N2O5. The van der Waals surface area contributed by atoms with Crippen molar-refractivity contribution >= 4 is 17.8 Å². The van der Waals surface area contributed by atoms with Gasteiger partial charge in [0.05, 0.1) is 13.0 Å². The number of carbonyl (C=O) groups excluding carboxylic acids is 2. The van der Waals surface area contributed by atoms with E-state index in [1.165, 1.54) is 11.8 Å². The Morgan fingerprint density at radius 2 is 2.07 bits per heavy atom. The lowest BCUT2D eigenvalue weighted by molar-refractivity contribution is -0.145. The predicted molar refractivity (Wildman–Crippen MR) is 98.6 cm³/mol. The second-order valence-electron chi connectivity index (χ2n) is 7.22. The van der Waals surface area contributed by atoms with Crippen LogP contribution in [0.15, 0.2) is 18.2 Å². The third kappa shape index (κ3) is 4.78. The van der Waals surface area contributed by atoms with Crippen molar-refractivity contribution in [3.8, 4) is 5.75 Å². The van der Waals surface area contributed by atoms with Crippen molar-refractivity contribution in [2.24, 2.45) is 0 Å². The molecule has 2 amide bonds. The van der Waals surface area contributed by atoms with Crippen molar-refractivity contribution in [1.82, 2.24) is 9.80 Å². The molecule has 7 heteroatoms. The standard InChI is InChI=1S/C20H26N2O5/c1-14(23)22(13-20(25)26)17-3-2-8-21(9-6-17)19(24)12-15-4-5-18-16(11-15)7-10-27-18/h4-5,11,17H,2-3,6-10,12-13H2,1H3,(H,25,26). The zero-order valence-electron chi connectivity index (χ0n) is 15.6. The number of benzene rings is 1. The lowest BCUT2D eigenvalue weighted by atomic mass is 10.1. The predicted octanol–water partition coefficient (Wildman–Crippen LogP) is 1.48. The molecule has 0 spiro atoms. The van der Waals surface area contributed by atoms with Gasteiger partial charge in [-0.15, -0.1) is 0 Å². The molecule has 146 valence electrons. The van der Waals surface area contributed by atoms with E-state index in [1.807, 2.05) is 23.1 Å². The summed E-state index contributed by atoms with van der Waals surface area (Å²) in [6.45, 7) is 2.99. The normalized spacial score (nSPS) is 19.0. The number of carbonyl (C=O) groups is 3. The van der Waals surface area contributed by atoms with Gasteiger partial charge in [0.2, 0.25) is 11.8 Å². The molecule has 0 aliphatic carbocycles. The van der Waals surface area contributed by atoms with Crippen molar-refractivity contribution < 1.29 is 24.2 Å². The molecule has 1 aromatic rings. The van der Waals surface area contributed by atoms with Gasteiger partial charge in [0.15, 0.2) is 0 Å². The van der Waals surface area contributed by atoms with Gasteiger partial charge in [0.1, 0.15) is 12.3 Å². The fourth-order valence-electron chi connectivity index (χ4n) is 3.92. The molecule has 7 nitrogen and oxygen atoms in total. The molecule has 1 atom stereocenters. The minimum atomic E-state index is -1.01. The van der Waals surface area contributed by atoms with E-state index in [4.69, 9.17) is 9.84 Å². The number of nitrogens with zero attached hydrogens (tertiary/aromatic N) is 2. The first-order chi connectivity index (χ1) is 12.9. The second-order valence-corrected chi connectivity index (χ2v) is 7.22. The van der Waals surface area contributed by atoms with Gasteiger partial charge >= 0.3 is 5.97 Å². The highest BCUT2D eigenvalue weighted by Gasteiger charge is 2.27. The smallest absolute Gasteiger partial charge is 0.323 e. The fourth-order valence-corrected chi connectivity index (χ4v) is 3.92. The Hall–Kier alpha value is -2.57. The molecule has 1 saturated heterocycles. The van der Waals surface area contributed by atoms with Crippen LogP contribution in [0.3, 0.4) is 0 Å². The summed E-state index contributed by atoms with van der Waals surface area (Å²) in [5.74, 6) is -0.265. The van der Waals surface area contributed by atoms with Gasteiger partial charge in [-0.3, -0.25) is 14.4 Å². The number of ether oxygens (including phenoxy) is 1. The maximum atomic E-state index is 12.7. The molecule has 0 radical (unpaired) electrons. The van der Waals surface area contributed by atoms with Gasteiger partial charge in [-0.2, -0.15) is 0 Å². The molecule has 0 bridgehead atoms. The number of aliphatic carboxylic acids is 1. The first kappa shape index (κ1) is 19.2. The quantitative estimate of drug-likeness (QED) is 0.844. The van der Waals surface area contributed by atoms with Crippen molar-refractivity contribution in [3.05, 3.63) is 29.3 Å². The monoisotopic (exact) mass is 374 g/mol. The number of hydrogen-bond donors (Lipinski definition) is 1. The Bertz CT molecular complexity index is 733. The Kier molecular flexibility index (Phi) is 5.98. The van der Waals surface area contributed by atoms with Crippen LogP contribution in [0.2, 0.25) is 0 Å². The first-order valence-corrected chi connectivity index (χ1v) is 9.45. The van der Waals surface area contributed by atoms with Crippen LogP contribution < -0.4 is 4.74 Å². The van der Waals surface area contributed by atoms with E-state index in [9.17, 15) is 14.4 Å². The summed E-state index contributed by atoms with van der Waals surface area (Å²) in [5.41, 5.74) is 2.14. The van der Waals surface area contributed by atoms with E-state index >= 15 is 0 Å². The average Bonchev–Trinajstić information content (AvgIpc) is 2.94. The highest BCUT2D eigenvalue weighted by atomic mass is 16.5. The van der Waals surface area contributed by atoms with Crippen LogP contribution in [0.5, 0.6) is 5.75 Å². The lowest BCUT2D eigenvalue weighted by Gasteiger charge is -2.28. The molecule has 2 aliphatic rings. The van der Waals surface area contributed by atoms with Gasteiger partial charge in [-0.25, -0.2) is 0 Å². The van der Waals surface area contributed by atoms with E-state index in [2.05, 4.69) is 0 Å². The first-order valence-electron chi connectivity index (χ1n) is 9.45. The average molecular weight is 374 g/mol. The number of carboxylic acids is 1. The van der Waals surface area contributed by atoms with Crippen LogP contribution in [0, 0.1) is 0 Å². The number of carboxylic acid groups (broad SMARTS) is 1. The summed E-state index contributed by atoms with van der Waals surface area (Å²) in [7, 11) is 0. The minimum Gasteiger partial charge on any atom is -0.493 e. The van der Waals surface area contributed by atoms with Crippen molar-refractivity contribution in [2.75, 3.05) is 26.2 Å². The minimum absolute atomic E-state index is 0.0714. The third-order valence-electron chi connectivity index (χ3n) is 5.31. The molecule has 0 aromatic heterocycles. The molecule has 1 fully saturated rings. The van der Waals surface area contributed by atoms with Crippen LogP contribution in [0.25, 0.3) is 0 Å². The highest BCUT2D eigenvalue weighted by Crippen LogP contribution is 2.26. The third-order valence-corrected chi connectivity index (χ3v) is 5.31. The molecular weight excluding hydrogens is 348 g/mol. The van der Waals surface area contributed by atoms with Crippen LogP contribution in [-0.4, -0.2) is 65.0 Å². The topological polar surface area (TPSA) is 87.2 Å². The molecule has 2 aliphatic heterocycles. The molecule has 27 heavy (non-hydrogen) atoms. The summed E-state index contributed by atoms with van der Waals surface area (Å²) in [5, 5.41) is 9.04. The Morgan fingerprint density at radius 3 is 2.81 bits per heavy atom. The van der Waals surface area contributed by atoms with Gasteiger partial charge in [-0.1, -0.05) is 12.1 Å². The number of rotatable bonds is 5. The van der Waals surface area contributed by atoms with Gasteiger partial charge < -0.3 is 19.6 Å². The van der Waals surface area contributed by atoms with Crippen LogP contribution in [0.1, 0.15) is 37.3 Å². The molecule has 0 saturated carbocycles. The highest BCUT2D eigenvalue weighted by molar-refractivity contribution is 5.80. The number of likely N-dealkylation sites (tertiary alicyclic amines) is 1. The lowest BCUT2D eigenvalue weighted by Crippen LogP contribution is -2.43. The largest absolute Gasteiger partial charge is 0.493 e. The summed E-state index contributed by atoms with van der Waals surface area (Å²) in [4.78, 5) is 38.8. The maximum Gasteiger partial charge on any atom is 0.323 e. The van der Waals surface area contributed by atoms with Crippen LogP contribution in [0.4, 0.5) is 0 Å². The van der Waals surface area contributed by atoms with Gasteiger partial charge in [0, 0.05) is 32.5 Å². The maximum absolute atomic E-state index is 12.7. The second kappa shape index (κ2) is 8.41. The molecule has 1 unspecified atom stereocenters. The van der Waals surface area contributed by atoms with E-state index in [0.29, 0.717) is 39.0 Å². The van der Waals surface area contributed by atoms with Crippen molar-refractivity contribution in [2.45, 2.75) is 45.1 Å². The van der Waals surface area contributed by atoms with Gasteiger partial charge in [-0.05, 0) is 36.5 Å². The number of amides is 2. The van der Waals surface area contributed by atoms with E-state index in [-0.39, 0.29) is 24.4 Å². The fraction of sp³-hybridized carbons (Fsp3) is 0.550. The zero-order valence-corrected chi connectivity index (χ0v) is 15.6. The van der Waals surface area contributed by atoms with Gasteiger partial charge in [0.25, 0.3) is 0 Å². The summed E-state index contributed by atoms with van der Waals surface area (Å²) < 4.78 is 5.50. The molecule has 1 aromatic carbocycles. The summed E-state index contributed by atoms with van der Waals surface area (Å²) in [6, 6.07) is 5.78. The van der Waals surface area contributed by atoms with E-state index in [1.54, 1.807) is 0 Å². The van der Waals surface area contributed by atoms with Crippen LogP contribution in [-0.2, 0) is 27.2 Å². The van der Waals surface area contributed by atoms with E-state index < -0.39 is 5.97 Å². The van der Waals surface area contributed by atoms with Crippen LogP contribution >= 0.6 is 0 Å². The van der Waals surface area contributed by atoms with Crippen molar-refractivity contribution in [1.29, 1.82) is 0 Å². The Morgan fingerprint density at radius 1 is 1.26 bits per heavy atom. The van der Waals surface area contributed by atoms with E-state index in [0.717, 1.165) is 29.7 Å². The Balaban J connectivity index is 1.59. The number of fused-ring (bicyclic) bond motifs is 1. The summed E-state index contributed by atoms with van der Waals surface area (Å²) >= 11 is 0. The molecule has 3 rings (SSSR count). The zero-order chi connectivity index (χ0) is 19.4. The Labute approximate surface area is 158 Å². The van der Waals surface area contributed by atoms with Crippen molar-refractivity contribution in [3.63, 3.8) is 0 Å².